The number of amides is 1. The maximum atomic E-state index is 13.2. The first kappa shape index (κ1) is 25.6. The van der Waals surface area contributed by atoms with Crippen molar-refractivity contribution in [1.82, 2.24) is 5.32 Å². The lowest BCUT2D eigenvalue weighted by molar-refractivity contribution is 0.0935. The van der Waals surface area contributed by atoms with Crippen LogP contribution in [0.4, 0.5) is 5.69 Å². The van der Waals surface area contributed by atoms with Crippen LogP contribution >= 0.6 is 11.8 Å². The van der Waals surface area contributed by atoms with Crippen LogP contribution in [-0.2, 0) is 10.0 Å². The van der Waals surface area contributed by atoms with Gasteiger partial charge in [0.15, 0.2) is 0 Å². The number of hydrogen-bond acceptors (Lipinski definition) is 5. The van der Waals surface area contributed by atoms with E-state index in [2.05, 4.69) is 5.32 Å². The van der Waals surface area contributed by atoms with Crippen LogP contribution in [0.1, 0.15) is 42.2 Å². The highest BCUT2D eigenvalue weighted by Crippen LogP contribution is 2.26. The highest BCUT2D eigenvalue weighted by molar-refractivity contribution is 7.98. The molecule has 0 saturated carbocycles. The van der Waals surface area contributed by atoms with Gasteiger partial charge in [0, 0.05) is 17.0 Å². The van der Waals surface area contributed by atoms with Gasteiger partial charge in [0.1, 0.15) is 5.75 Å². The quantitative estimate of drug-likeness (QED) is 0.373. The van der Waals surface area contributed by atoms with Crippen molar-refractivity contribution in [3.63, 3.8) is 0 Å². The van der Waals surface area contributed by atoms with Crippen LogP contribution in [0.15, 0.2) is 82.6 Å². The molecule has 0 heterocycles. The van der Waals surface area contributed by atoms with Crippen molar-refractivity contribution in [2.24, 2.45) is 0 Å². The van der Waals surface area contributed by atoms with Crippen LogP contribution in [-0.4, -0.2) is 34.2 Å². The molecule has 180 valence electrons. The molecule has 1 atom stereocenters. The molecule has 0 aliphatic heterocycles. The average molecular weight is 499 g/mol. The molecule has 0 saturated heterocycles. The van der Waals surface area contributed by atoms with Gasteiger partial charge in [-0.25, -0.2) is 8.42 Å². The number of sulfonamides is 1. The molecule has 0 aliphatic carbocycles. The van der Waals surface area contributed by atoms with Gasteiger partial charge in [0.2, 0.25) is 0 Å². The van der Waals surface area contributed by atoms with Crippen LogP contribution in [0.3, 0.4) is 0 Å². The number of methoxy groups -OCH3 is 1. The maximum absolute atomic E-state index is 13.2. The van der Waals surface area contributed by atoms with E-state index in [4.69, 9.17) is 4.74 Å². The minimum atomic E-state index is -3.71. The summed E-state index contributed by atoms with van der Waals surface area (Å²) in [7, 11) is -2.10. The second-order valence-corrected chi connectivity index (χ2v) is 10.3. The second-order valence-electron chi connectivity index (χ2n) is 7.60. The summed E-state index contributed by atoms with van der Waals surface area (Å²) in [6, 6.07) is 20.9. The summed E-state index contributed by atoms with van der Waals surface area (Å²) in [4.78, 5) is 14.1. The highest BCUT2D eigenvalue weighted by Gasteiger charge is 2.24. The Balaban J connectivity index is 1.77. The number of anilines is 1. The molecular weight excluding hydrogens is 468 g/mol. The summed E-state index contributed by atoms with van der Waals surface area (Å²) in [5, 5.41) is 3.05. The molecule has 0 aromatic heterocycles. The number of ether oxygens (including phenoxy) is 1. The summed E-state index contributed by atoms with van der Waals surface area (Å²) in [6.07, 6.45) is 2.67. The van der Waals surface area contributed by atoms with Gasteiger partial charge >= 0.3 is 0 Å². The highest BCUT2D eigenvalue weighted by atomic mass is 32.2. The summed E-state index contributed by atoms with van der Waals surface area (Å²) in [6.45, 7) is 4.07. The lowest BCUT2D eigenvalue weighted by atomic mass is 10.0. The fraction of sp³-hybridized carbons (Fsp3) is 0.269. The van der Waals surface area contributed by atoms with E-state index in [0.29, 0.717) is 11.3 Å². The van der Waals surface area contributed by atoms with Crippen molar-refractivity contribution in [3.8, 4) is 5.75 Å². The van der Waals surface area contributed by atoms with E-state index in [1.54, 1.807) is 74.3 Å². The number of carbonyl (C=O) groups excluding carboxylic acids is 1. The molecule has 6 nitrogen and oxygen atoms in total. The fourth-order valence-corrected chi connectivity index (χ4v) is 5.53. The third-order valence-corrected chi connectivity index (χ3v) is 8.24. The van der Waals surface area contributed by atoms with Crippen LogP contribution < -0.4 is 14.4 Å². The Hall–Kier alpha value is -2.97. The SMILES string of the molecule is CC[C@@H](NC(=O)c1ccc(N(CC)S(=O)(=O)c2ccc(SC)cc2)cc1)c1ccc(OC)cc1. The fourth-order valence-electron chi connectivity index (χ4n) is 3.64. The third-order valence-electron chi connectivity index (χ3n) is 5.58. The lowest BCUT2D eigenvalue weighted by Crippen LogP contribution is -2.31. The molecule has 0 aliphatic rings. The minimum absolute atomic E-state index is 0.144. The van der Waals surface area contributed by atoms with Gasteiger partial charge in [-0.1, -0.05) is 19.1 Å². The van der Waals surface area contributed by atoms with Crippen molar-refractivity contribution in [3.05, 3.63) is 83.9 Å². The maximum Gasteiger partial charge on any atom is 0.264 e. The number of rotatable bonds is 10. The topological polar surface area (TPSA) is 75.7 Å². The van der Waals surface area contributed by atoms with Gasteiger partial charge < -0.3 is 10.1 Å². The number of nitrogens with zero attached hydrogens (tertiary/aromatic N) is 1. The first-order valence-corrected chi connectivity index (χ1v) is 13.7. The normalized spacial score (nSPS) is 12.1. The minimum Gasteiger partial charge on any atom is -0.497 e. The van der Waals surface area contributed by atoms with E-state index < -0.39 is 10.0 Å². The van der Waals surface area contributed by atoms with Crippen molar-refractivity contribution >= 4 is 33.4 Å². The molecule has 0 fully saturated rings. The van der Waals surface area contributed by atoms with E-state index in [1.165, 1.54) is 4.31 Å². The Kier molecular flexibility index (Phi) is 8.63. The van der Waals surface area contributed by atoms with Crippen LogP contribution in [0, 0.1) is 0 Å². The Morgan fingerprint density at radius 3 is 2.09 bits per heavy atom. The lowest BCUT2D eigenvalue weighted by Gasteiger charge is -2.23. The molecule has 3 aromatic rings. The zero-order valence-corrected chi connectivity index (χ0v) is 21.4. The average Bonchev–Trinajstić information content (AvgIpc) is 2.88. The molecule has 0 unspecified atom stereocenters. The molecule has 3 aromatic carbocycles. The monoisotopic (exact) mass is 498 g/mol. The molecule has 34 heavy (non-hydrogen) atoms. The number of hydrogen-bond donors (Lipinski definition) is 1. The largest absolute Gasteiger partial charge is 0.497 e. The summed E-state index contributed by atoms with van der Waals surface area (Å²) < 4.78 is 32.9. The van der Waals surface area contributed by atoms with Crippen molar-refractivity contribution in [2.45, 2.75) is 36.1 Å². The van der Waals surface area contributed by atoms with E-state index in [1.807, 2.05) is 37.4 Å². The van der Waals surface area contributed by atoms with E-state index in [9.17, 15) is 13.2 Å². The number of carbonyl (C=O) groups is 1. The van der Waals surface area contributed by atoms with Gasteiger partial charge in [-0.2, -0.15) is 0 Å². The van der Waals surface area contributed by atoms with Gasteiger partial charge in [-0.3, -0.25) is 9.10 Å². The standard InChI is InChI=1S/C26H30N2O4S2/c1-5-25(19-9-13-22(32-3)14-10-19)27-26(29)20-7-11-21(12-8-20)28(6-2)34(30,31)24-17-15-23(33-4)16-18-24/h7-18,25H,5-6H2,1-4H3,(H,27,29)/t25-/m1/s1. The predicted molar refractivity (Wildman–Crippen MR) is 138 cm³/mol. The molecule has 3 rings (SSSR count). The third kappa shape index (κ3) is 5.74. The van der Waals surface area contributed by atoms with Crippen LogP contribution in [0.25, 0.3) is 0 Å². The Bertz CT molecular complexity index is 1190. The summed E-state index contributed by atoms with van der Waals surface area (Å²) in [5.74, 6) is 0.545. The molecule has 0 bridgehead atoms. The van der Waals surface area contributed by atoms with Crippen molar-refractivity contribution in [2.75, 3.05) is 24.2 Å². The van der Waals surface area contributed by atoms with E-state index >= 15 is 0 Å². The van der Waals surface area contributed by atoms with Crippen LogP contribution in [0.5, 0.6) is 5.75 Å². The molecule has 1 N–H and O–H groups in total. The number of benzene rings is 3. The summed E-state index contributed by atoms with van der Waals surface area (Å²) >= 11 is 1.56. The molecule has 1 amide bonds. The zero-order valence-electron chi connectivity index (χ0n) is 19.8. The number of thioether (sulfide) groups is 1. The van der Waals surface area contributed by atoms with Gasteiger partial charge in [-0.15, -0.1) is 11.8 Å². The zero-order chi connectivity index (χ0) is 24.7. The van der Waals surface area contributed by atoms with Crippen molar-refractivity contribution < 1.29 is 17.9 Å². The van der Waals surface area contributed by atoms with Crippen LogP contribution in [0.2, 0.25) is 0 Å². The molecule has 0 spiro atoms. The van der Waals surface area contributed by atoms with E-state index in [-0.39, 0.29) is 23.4 Å². The first-order chi connectivity index (χ1) is 16.3. The smallest absolute Gasteiger partial charge is 0.264 e. The van der Waals surface area contributed by atoms with Gasteiger partial charge in [0.25, 0.3) is 15.9 Å². The van der Waals surface area contributed by atoms with Gasteiger partial charge in [-0.05, 0) is 85.8 Å². The van der Waals surface area contributed by atoms with E-state index in [0.717, 1.165) is 22.6 Å². The first-order valence-electron chi connectivity index (χ1n) is 11.1. The molecule has 0 radical (unpaired) electrons. The molecular formula is C26H30N2O4S2. The second kappa shape index (κ2) is 11.4. The Morgan fingerprint density at radius 2 is 1.59 bits per heavy atom. The predicted octanol–water partition coefficient (Wildman–Crippen LogP) is 5.51. The van der Waals surface area contributed by atoms with Crippen molar-refractivity contribution in [1.29, 1.82) is 0 Å². The Morgan fingerprint density at radius 1 is 0.971 bits per heavy atom. The number of nitrogens with one attached hydrogen (secondary N) is 1. The molecule has 8 heteroatoms. The Labute approximate surface area is 206 Å². The van der Waals surface area contributed by atoms with Gasteiger partial charge in [0.05, 0.1) is 23.7 Å². The summed E-state index contributed by atoms with van der Waals surface area (Å²) in [5.41, 5.74) is 1.97.